The van der Waals surface area contributed by atoms with E-state index in [-0.39, 0.29) is 44.2 Å². The van der Waals surface area contributed by atoms with Crippen LogP contribution in [0.4, 0.5) is 5.69 Å². The first-order valence-corrected chi connectivity index (χ1v) is 10.7. The summed E-state index contributed by atoms with van der Waals surface area (Å²) in [6, 6.07) is 13.5. The Bertz CT molecular complexity index is 832. The summed E-state index contributed by atoms with van der Waals surface area (Å²) in [5.41, 5.74) is 11.3. The number of hydrogen-bond acceptors (Lipinski definition) is 1. The maximum atomic E-state index is 3.83. The van der Waals surface area contributed by atoms with Gasteiger partial charge in [-0.15, -0.1) is 24.8 Å². The Hall–Kier alpha value is -0.986. The zero-order chi connectivity index (χ0) is 18.0. The van der Waals surface area contributed by atoms with Crippen LogP contribution in [0.3, 0.4) is 0 Å². The van der Waals surface area contributed by atoms with E-state index in [1.54, 1.807) is 0 Å². The van der Waals surface area contributed by atoms with Crippen molar-refractivity contribution in [1.82, 2.24) is 0 Å². The fourth-order valence-corrected chi connectivity index (χ4v) is 5.54. The molecule has 0 fully saturated rings. The molecule has 2 aromatic carbocycles. The average molecular weight is 438 g/mol. The van der Waals surface area contributed by atoms with E-state index in [1.807, 2.05) is 0 Å². The molecule has 0 radical (unpaired) electrons. The molecule has 0 spiro atoms. The van der Waals surface area contributed by atoms with Crippen LogP contribution in [0.2, 0.25) is 0 Å². The molecule has 144 valence electrons. The first-order valence-electron chi connectivity index (χ1n) is 9.02. The summed E-state index contributed by atoms with van der Waals surface area (Å²) in [5.74, 6) is 0. The van der Waals surface area contributed by atoms with Crippen molar-refractivity contribution >= 4 is 36.1 Å². The zero-order valence-electron chi connectivity index (χ0n) is 16.7. The van der Waals surface area contributed by atoms with Gasteiger partial charge in [-0.3, -0.25) is 0 Å². The molecule has 2 aromatic rings. The Morgan fingerprint density at radius 1 is 0.963 bits per heavy atom. The first-order chi connectivity index (χ1) is 12.0. The van der Waals surface area contributed by atoms with Gasteiger partial charge in [0.25, 0.3) is 0 Å². The molecule has 0 saturated heterocycles. The first kappa shape index (κ1) is 24.1. The Morgan fingerprint density at radius 3 is 2.19 bits per heavy atom. The van der Waals surface area contributed by atoms with Gasteiger partial charge in [0, 0.05) is 0 Å². The molecule has 1 unspecified atom stereocenters. The van der Waals surface area contributed by atoms with Crippen LogP contribution in [0.1, 0.15) is 52.3 Å². The molecule has 0 aromatic heterocycles. The maximum Gasteiger partial charge on any atom is -0.147 e. The summed E-state index contributed by atoms with van der Waals surface area (Å²) in [6.07, 6.45) is 5.60. The van der Waals surface area contributed by atoms with Crippen LogP contribution in [-0.2, 0) is 19.4 Å². The van der Waals surface area contributed by atoms with Crippen molar-refractivity contribution < 1.29 is 19.4 Å². The third-order valence-corrected chi connectivity index (χ3v) is 6.79. The van der Waals surface area contributed by atoms with Gasteiger partial charge in [0.05, 0.1) is 0 Å². The summed E-state index contributed by atoms with van der Waals surface area (Å²) in [4.78, 5) is 0. The van der Waals surface area contributed by atoms with E-state index in [9.17, 15) is 0 Å². The second kappa shape index (κ2) is 10.5. The monoisotopic (exact) mass is 437 g/mol. The fraction of sp³-hybridized carbons (Fsp3) is 0.304. The van der Waals surface area contributed by atoms with E-state index >= 15 is 0 Å². The predicted octanol–water partition coefficient (Wildman–Crippen LogP) is 7.36. The minimum atomic E-state index is -0.332. The van der Waals surface area contributed by atoms with E-state index in [0.717, 1.165) is 6.42 Å². The molecule has 0 saturated carbocycles. The standard InChI is InChI=1S/C14H15.C9H12N.2ClH.Ti/c1-3-12-8-4-5-9-14(12)13-10-6-7-11(13)2;1-6-4-7(2)9(10)8(3)5-6;;;/h3-9H,10H2,1-2H3;4-5,10H,1-3H3;2*1H;/q;-1;;;+1. The van der Waals surface area contributed by atoms with E-state index in [4.69, 9.17) is 0 Å². The van der Waals surface area contributed by atoms with Gasteiger partial charge in [0.15, 0.2) is 0 Å². The van der Waals surface area contributed by atoms with Crippen molar-refractivity contribution in [2.24, 2.45) is 0 Å². The number of halogens is 2. The third kappa shape index (κ3) is 5.51. The summed E-state index contributed by atoms with van der Waals surface area (Å²) >= 11 is -0.332. The van der Waals surface area contributed by atoms with Crippen LogP contribution in [0.15, 0.2) is 54.1 Å². The van der Waals surface area contributed by atoms with E-state index in [1.165, 1.54) is 44.7 Å². The Kier molecular flexibility index (Phi) is 9.38. The Balaban J connectivity index is 0.00000182. The number of anilines is 1. The minimum Gasteiger partial charge on any atom is -0.147 e. The molecule has 0 heterocycles. The Labute approximate surface area is 185 Å². The quantitative estimate of drug-likeness (QED) is 0.481. The predicted molar refractivity (Wildman–Crippen MR) is 120 cm³/mol. The molecule has 1 atom stereocenters. The van der Waals surface area contributed by atoms with Crippen molar-refractivity contribution in [3.05, 3.63) is 81.9 Å². The van der Waals surface area contributed by atoms with Crippen LogP contribution >= 0.6 is 24.8 Å². The van der Waals surface area contributed by atoms with Crippen LogP contribution in [0.5, 0.6) is 0 Å². The van der Waals surface area contributed by atoms with E-state index < -0.39 is 0 Å². The minimum absolute atomic E-state index is 0. The van der Waals surface area contributed by atoms with Gasteiger partial charge in [-0.05, 0) is 0 Å². The maximum absolute atomic E-state index is 3.83. The van der Waals surface area contributed by atoms with Gasteiger partial charge < -0.3 is 0 Å². The summed E-state index contributed by atoms with van der Waals surface area (Å²) in [6.45, 7) is 11.2. The van der Waals surface area contributed by atoms with Gasteiger partial charge in [-0.25, -0.2) is 0 Å². The molecule has 1 N–H and O–H groups in total. The number of benzene rings is 2. The molecule has 1 aliphatic rings. The Morgan fingerprint density at radius 2 is 1.59 bits per heavy atom. The van der Waals surface area contributed by atoms with Crippen molar-refractivity contribution in [3.63, 3.8) is 0 Å². The van der Waals surface area contributed by atoms with Gasteiger partial charge >= 0.3 is 162 Å². The SMILES string of the molecule is CC1=C(c2ccccc2[CH](C)[Ti][NH]c2c(C)cc(C)cc2C)CC=C1.Cl.Cl. The fourth-order valence-electron chi connectivity index (χ4n) is 3.72. The van der Waals surface area contributed by atoms with Gasteiger partial charge in [0.2, 0.25) is 0 Å². The molecule has 1 aliphatic carbocycles. The smallest absolute Gasteiger partial charge is 0.147 e. The number of nitrogens with one attached hydrogen (secondary N) is 1. The summed E-state index contributed by atoms with van der Waals surface area (Å²) in [5, 5.41) is 0. The largest absolute Gasteiger partial charge is 0.147 e. The molecule has 4 heteroatoms. The van der Waals surface area contributed by atoms with Gasteiger partial charge in [-0.1, -0.05) is 0 Å². The van der Waals surface area contributed by atoms with Crippen molar-refractivity contribution in [2.75, 3.05) is 3.80 Å². The zero-order valence-corrected chi connectivity index (χ0v) is 19.9. The molecule has 0 bridgehead atoms. The topological polar surface area (TPSA) is 12.0 Å². The summed E-state index contributed by atoms with van der Waals surface area (Å²) in [7, 11) is 0. The molecule has 0 amide bonds. The third-order valence-electron chi connectivity index (χ3n) is 5.01. The second-order valence-electron chi connectivity index (χ2n) is 7.12. The van der Waals surface area contributed by atoms with Crippen LogP contribution in [-0.4, -0.2) is 0 Å². The van der Waals surface area contributed by atoms with Crippen molar-refractivity contribution in [1.29, 1.82) is 0 Å². The second-order valence-corrected chi connectivity index (χ2v) is 9.31. The summed E-state index contributed by atoms with van der Waals surface area (Å²) < 4.78 is 4.41. The molecule has 27 heavy (non-hydrogen) atoms. The van der Waals surface area contributed by atoms with Gasteiger partial charge in [-0.2, -0.15) is 0 Å². The molecular weight excluding hydrogens is 409 g/mol. The van der Waals surface area contributed by atoms with Crippen LogP contribution < -0.4 is 3.80 Å². The molecule has 3 rings (SSSR count). The van der Waals surface area contributed by atoms with E-state index in [0.29, 0.717) is 4.22 Å². The number of rotatable bonds is 5. The van der Waals surface area contributed by atoms with Crippen molar-refractivity contribution in [3.8, 4) is 0 Å². The number of hydrogen-bond donors (Lipinski definition) is 1. The molecular formula is C23H29Cl2NTi. The van der Waals surface area contributed by atoms with Gasteiger partial charge in [0.1, 0.15) is 0 Å². The number of aryl methyl sites for hydroxylation is 3. The molecule has 1 nitrogen and oxygen atoms in total. The van der Waals surface area contributed by atoms with Crippen LogP contribution in [0, 0.1) is 20.8 Å². The number of allylic oxidation sites excluding steroid dienone is 4. The average Bonchev–Trinajstić information content (AvgIpc) is 2.99. The molecule has 0 aliphatic heterocycles. The van der Waals surface area contributed by atoms with Crippen LogP contribution in [0.25, 0.3) is 5.57 Å². The van der Waals surface area contributed by atoms with E-state index in [2.05, 4.69) is 87.0 Å². The van der Waals surface area contributed by atoms with Crippen molar-refractivity contribution in [2.45, 2.75) is 45.3 Å². The normalized spacial score (nSPS) is 13.7.